The molecule has 9 nitrogen and oxygen atoms in total. The minimum Gasteiger partial charge on any atom is -0.379 e. The van der Waals surface area contributed by atoms with Gasteiger partial charge in [0.25, 0.3) is 0 Å². The first-order chi connectivity index (χ1) is 13.8. The molecule has 0 radical (unpaired) electrons. The summed E-state index contributed by atoms with van der Waals surface area (Å²) in [4.78, 5) is 2.24. The number of nitrogens with zero attached hydrogens (tertiary/aromatic N) is 1. The average molecular weight is 406 g/mol. The van der Waals surface area contributed by atoms with Crippen LogP contribution in [0.2, 0.25) is 0 Å². The maximum Gasteiger partial charge on any atom is 0.107 e. The molecule has 0 saturated carbocycles. The van der Waals surface area contributed by atoms with Gasteiger partial charge in [-0.25, -0.2) is 0 Å². The van der Waals surface area contributed by atoms with Gasteiger partial charge >= 0.3 is 0 Å². The van der Waals surface area contributed by atoms with Crippen molar-refractivity contribution in [2.24, 2.45) is 11.5 Å². The molecule has 28 heavy (non-hydrogen) atoms. The lowest BCUT2D eigenvalue weighted by molar-refractivity contribution is -0.00307. The van der Waals surface area contributed by atoms with Crippen LogP contribution in [0.5, 0.6) is 0 Å². The lowest BCUT2D eigenvalue weighted by Crippen LogP contribution is -2.34. The van der Waals surface area contributed by atoms with Crippen molar-refractivity contribution in [2.75, 3.05) is 112 Å². The van der Waals surface area contributed by atoms with E-state index in [4.69, 9.17) is 46.3 Å². The van der Waals surface area contributed by atoms with Gasteiger partial charge in [0.2, 0.25) is 0 Å². The molecule has 0 spiro atoms. The average Bonchev–Trinajstić information content (AvgIpc) is 2.71. The summed E-state index contributed by atoms with van der Waals surface area (Å²) < 4.78 is 32.4. The van der Waals surface area contributed by atoms with Crippen LogP contribution in [-0.4, -0.2) is 117 Å². The fourth-order valence-corrected chi connectivity index (χ4v) is 2.08. The van der Waals surface area contributed by atoms with Crippen LogP contribution in [0.1, 0.15) is 0 Å². The molecule has 4 N–H and O–H groups in total. The van der Waals surface area contributed by atoms with Gasteiger partial charge < -0.3 is 39.9 Å². The first-order valence-electron chi connectivity index (χ1n) is 9.87. The van der Waals surface area contributed by atoms with E-state index in [0.29, 0.717) is 92.4 Å². The van der Waals surface area contributed by atoms with Gasteiger partial charge in [0.05, 0.1) is 72.7 Å². The number of nitrogens with two attached hydrogens (primary N) is 2. The van der Waals surface area contributed by atoms with Crippen LogP contribution >= 0.6 is 0 Å². The van der Waals surface area contributed by atoms with Gasteiger partial charge in [-0.3, -0.25) is 4.90 Å². The topological polar surface area (TPSA) is 111 Å². The highest BCUT2D eigenvalue weighted by molar-refractivity contribution is 4.82. The molecule has 0 amide bonds. The van der Waals surface area contributed by atoms with E-state index in [-0.39, 0.29) is 0 Å². The van der Waals surface area contributed by atoms with Gasteiger partial charge in [-0.2, -0.15) is 0 Å². The van der Waals surface area contributed by atoms with E-state index in [1.807, 2.05) is 0 Å². The summed E-state index contributed by atoms with van der Waals surface area (Å²) in [7, 11) is 0. The fourth-order valence-electron chi connectivity index (χ4n) is 2.08. The Balaban J connectivity index is 3.53. The third-order valence-corrected chi connectivity index (χ3v) is 3.48. The van der Waals surface area contributed by atoms with Crippen molar-refractivity contribution in [1.29, 1.82) is 0 Å². The Bertz CT molecular complexity index is 332. The van der Waals surface area contributed by atoms with E-state index in [2.05, 4.69) is 10.8 Å². The molecule has 0 aliphatic rings. The molecule has 0 aromatic heterocycles. The Labute approximate surface area is 169 Å². The van der Waals surface area contributed by atoms with Gasteiger partial charge in [0.15, 0.2) is 0 Å². The molecule has 0 fully saturated rings. The second kappa shape index (κ2) is 24.2. The number of hydrogen-bond donors (Lipinski definition) is 2. The van der Waals surface area contributed by atoms with Gasteiger partial charge in [0, 0.05) is 32.7 Å². The highest BCUT2D eigenvalue weighted by atomic mass is 16.6. The number of terminal acetylenes is 1. The molecule has 0 heterocycles. The molecule has 0 unspecified atom stereocenters. The van der Waals surface area contributed by atoms with Crippen molar-refractivity contribution in [3.63, 3.8) is 0 Å². The molecule has 0 atom stereocenters. The summed E-state index contributed by atoms with van der Waals surface area (Å²) in [6, 6.07) is 0. The first-order valence-corrected chi connectivity index (χ1v) is 9.87. The second-order valence-corrected chi connectivity index (χ2v) is 5.74. The molecule has 0 saturated heterocycles. The fraction of sp³-hybridized carbons (Fsp3) is 0.895. The van der Waals surface area contributed by atoms with Crippen LogP contribution < -0.4 is 11.5 Å². The zero-order valence-corrected chi connectivity index (χ0v) is 17.1. The maximum atomic E-state index is 5.62. The lowest BCUT2D eigenvalue weighted by Gasteiger charge is -2.22. The SMILES string of the molecule is C#CCOCCOCCOCCOCCN(CCOCCN)CCOCCN. The normalized spacial score (nSPS) is 11.2. The number of hydrogen-bond acceptors (Lipinski definition) is 9. The van der Waals surface area contributed by atoms with Crippen molar-refractivity contribution >= 4 is 0 Å². The minimum absolute atomic E-state index is 0.316. The van der Waals surface area contributed by atoms with Crippen LogP contribution in [0.4, 0.5) is 0 Å². The summed E-state index contributed by atoms with van der Waals surface area (Å²) in [5.41, 5.74) is 10.9. The van der Waals surface area contributed by atoms with Crippen molar-refractivity contribution in [2.45, 2.75) is 0 Å². The summed E-state index contributed by atoms with van der Waals surface area (Å²) in [6.07, 6.45) is 5.07. The molecule has 0 aromatic carbocycles. The summed E-state index contributed by atoms with van der Waals surface area (Å²) in [5.74, 6) is 2.40. The predicted octanol–water partition coefficient (Wildman–Crippen LogP) is -1.06. The van der Waals surface area contributed by atoms with E-state index < -0.39 is 0 Å². The van der Waals surface area contributed by atoms with Crippen LogP contribution in [-0.2, 0) is 28.4 Å². The van der Waals surface area contributed by atoms with Gasteiger partial charge in [-0.05, 0) is 0 Å². The van der Waals surface area contributed by atoms with Crippen molar-refractivity contribution in [1.82, 2.24) is 4.90 Å². The maximum absolute atomic E-state index is 5.62. The Hall–Kier alpha value is -0.800. The van der Waals surface area contributed by atoms with Crippen molar-refractivity contribution < 1.29 is 28.4 Å². The molecule has 0 rings (SSSR count). The van der Waals surface area contributed by atoms with Gasteiger partial charge in [-0.1, -0.05) is 5.92 Å². The Morgan fingerprint density at radius 1 is 0.536 bits per heavy atom. The van der Waals surface area contributed by atoms with E-state index in [0.717, 1.165) is 19.6 Å². The molecule has 0 aliphatic heterocycles. The lowest BCUT2D eigenvalue weighted by atomic mass is 10.4. The van der Waals surface area contributed by atoms with Crippen molar-refractivity contribution in [3.05, 3.63) is 0 Å². The summed E-state index contributed by atoms with van der Waals surface area (Å²) in [5, 5.41) is 0. The second-order valence-electron chi connectivity index (χ2n) is 5.74. The highest BCUT2D eigenvalue weighted by Crippen LogP contribution is 1.92. The third kappa shape index (κ3) is 21.5. The van der Waals surface area contributed by atoms with E-state index in [1.165, 1.54) is 0 Å². The zero-order chi connectivity index (χ0) is 20.5. The van der Waals surface area contributed by atoms with Crippen LogP contribution in [0, 0.1) is 12.3 Å². The molecule has 0 aliphatic carbocycles. The molecule has 0 aromatic rings. The Morgan fingerprint density at radius 2 is 0.893 bits per heavy atom. The summed E-state index contributed by atoms with van der Waals surface area (Å²) >= 11 is 0. The van der Waals surface area contributed by atoms with Crippen LogP contribution in [0.15, 0.2) is 0 Å². The van der Waals surface area contributed by atoms with Crippen molar-refractivity contribution in [3.8, 4) is 12.3 Å². The molecule has 166 valence electrons. The Kier molecular flexibility index (Phi) is 23.5. The van der Waals surface area contributed by atoms with Gasteiger partial charge in [0.1, 0.15) is 6.61 Å². The summed E-state index contributed by atoms with van der Waals surface area (Å²) in [6.45, 7) is 10.0. The third-order valence-electron chi connectivity index (χ3n) is 3.48. The smallest absolute Gasteiger partial charge is 0.107 e. The Morgan fingerprint density at radius 3 is 1.29 bits per heavy atom. The van der Waals surface area contributed by atoms with E-state index >= 15 is 0 Å². The number of rotatable bonds is 23. The predicted molar refractivity (Wildman–Crippen MR) is 108 cm³/mol. The minimum atomic E-state index is 0.316. The van der Waals surface area contributed by atoms with Gasteiger partial charge in [-0.15, -0.1) is 6.42 Å². The molecular weight excluding hydrogens is 366 g/mol. The van der Waals surface area contributed by atoms with Crippen LogP contribution in [0.25, 0.3) is 0 Å². The number of ether oxygens (including phenoxy) is 6. The highest BCUT2D eigenvalue weighted by Gasteiger charge is 2.05. The van der Waals surface area contributed by atoms with E-state index in [1.54, 1.807) is 0 Å². The first kappa shape index (κ1) is 27.2. The standard InChI is InChI=1S/C19H39N3O6/c1-2-8-23-14-16-27-18-19-28-17-15-26-13-7-22(5-11-24-9-3-20)6-12-25-10-4-21/h1H,3-21H2. The quantitative estimate of drug-likeness (QED) is 0.162. The van der Waals surface area contributed by atoms with Crippen LogP contribution in [0.3, 0.4) is 0 Å². The molecule has 0 bridgehead atoms. The molecular formula is C19H39N3O6. The largest absolute Gasteiger partial charge is 0.379 e. The van der Waals surface area contributed by atoms with E-state index in [9.17, 15) is 0 Å². The molecule has 9 heteroatoms. The monoisotopic (exact) mass is 405 g/mol. The zero-order valence-electron chi connectivity index (χ0n) is 17.1.